The average Bonchev–Trinajstić information content (AvgIpc) is 2.62. The molecule has 0 amide bonds. The van der Waals surface area contributed by atoms with Gasteiger partial charge in [-0.25, -0.2) is 0 Å². The Labute approximate surface area is 150 Å². The molecule has 0 radical (unpaired) electrons. The third-order valence-corrected chi connectivity index (χ3v) is 5.85. The number of piperidine rings is 2. The smallest absolute Gasteiger partial charge is 0.184 e. The first kappa shape index (κ1) is 16.5. The van der Waals surface area contributed by atoms with Crippen molar-refractivity contribution in [2.75, 3.05) is 0 Å². The van der Waals surface area contributed by atoms with Crippen molar-refractivity contribution in [3.05, 3.63) is 65.5 Å². The Morgan fingerprint density at radius 3 is 2.44 bits per heavy atom. The largest absolute Gasteiger partial charge is 0.293 e. The molecule has 2 atom stereocenters. The Morgan fingerprint density at radius 1 is 1.04 bits per heavy atom. The summed E-state index contributed by atoms with van der Waals surface area (Å²) in [4.78, 5) is 20.1. The second kappa shape index (κ2) is 7.09. The van der Waals surface area contributed by atoms with Gasteiger partial charge in [0.05, 0.1) is 0 Å². The third-order valence-electron chi connectivity index (χ3n) is 5.85. The fourth-order valence-electron chi connectivity index (χ4n) is 4.63. The minimum absolute atomic E-state index is 0.136. The van der Waals surface area contributed by atoms with Crippen LogP contribution in [0.3, 0.4) is 0 Å². The molecule has 3 heteroatoms. The topological polar surface area (TPSA) is 33.2 Å². The van der Waals surface area contributed by atoms with Crippen LogP contribution >= 0.6 is 0 Å². The number of carbonyl (C=O) groups excluding carboxylic acids is 1. The van der Waals surface area contributed by atoms with Gasteiger partial charge in [0.1, 0.15) is 5.69 Å². The van der Waals surface area contributed by atoms with Gasteiger partial charge < -0.3 is 0 Å². The van der Waals surface area contributed by atoms with E-state index in [1.165, 1.54) is 24.8 Å². The van der Waals surface area contributed by atoms with Crippen molar-refractivity contribution in [3.63, 3.8) is 0 Å². The number of hydrogen-bond acceptors (Lipinski definition) is 3. The number of hydrogen-bond donors (Lipinski definition) is 0. The normalized spacial score (nSPS) is 26.4. The van der Waals surface area contributed by atoms with Crippen LogP contribution in [0, 0.1) is 12.8 Å². The first-order valence-electron chi connectivity index (χ1n) is 9.48. The van der Waals surface area contributed by atoms with Crippen LogP contribution in [0.15, 0.2) is 48.5 Å². The summed E-state index contributed by atoms with van der Waals surface area (Å²) in [6, 6.07) is 17.6. The molecule has 3 heterocycles. The van der Waals surface area contributed by atoms with Crippen LogP contribution in [0.25, 0.3) is 0 Å². The summed E-state index contributed by atoms with van der Waals surface area (Å²) < 4.78 is 0. The van der Waals surface area contributed by atoms with E-state index < -0.39 is 0 Å². The lowest BCUT2D eigenvalue weighted by molar-refractivity contribution is 0.00891. The van der Waals surface area contributed by atoms with Crippen molar-refractivity contribution >= 4 is 5.78 Å². The molecule has 25 heavy (non-hydrogen) atoms. The van der Waals surface area contributed by atoms with Crippen molar-refractivity contribution in [2.24, 2.45) is 5.92 Å². The molecule has 3 nitrogen and oxygen atoms in total. The number of aryl methyl sites for hydroxylation is 1. The molecule has 0 spiro atoms. The maximum atomic E-state index is 13.0. The van der Waals surface area contributed by atoms with Crippen LogP contribution in [0.1, 0.15) is 53.8 Å². The zero-order valence-corrected chi connectivity index (χ0v) is 14.9. The minimum Gasteiger partial charge on any atom is -0.293 e. The van der Waals surface area contributed by atoms with Gasteiger partial charge in [-0.1, -0.05) is 42.8 Å². The molecule has 2 unspecified atom stereocenters. The van der Waals surface area contributed by atoms with Crippen molar-refractivity contribution in [1.82, 2.24) is 9.88 Å². The van der Waals surface area contributed by atoms with Gasteiger partial charge in [0.25, 0.3) is 0 Å². The quantitative estimate of drug-likeness (QED) is 0.777. The molecule has 1 aromatic heterocycles. The van der Waals surface area contributed by atoms with Crippen molar-refractivity contribution in [1.29, 1.82) is 0 Å². The van der Waals surface area contributed by atoms with E-state index in [-0.39, 0.29) is 11.7 Å². The Kier molecular flexibility index (Phi) is 4.67. The Hall–Kier alpha value is -2.00. The highest BCUT2D eigenvalue weighted by Crippen LogP contribution is 2.39. The minimum atomic E-state index is 0.136. The Bertz CT molecular complexity index is 729. The zero-order chi connectivity index (χ0) is 17.2. The molecule has 2 aromatic rings. The molecule has 2 saturated heterocycles. The number of Topliss-reactive ketones (excluding diaryl/α,β-unsaturated/α-hetero) is 1. The van der Waals surface area contributed by atoms with E-state index in [0.717, 1.165) is 25.1 Å². The second-order valence-electron chi connectivity index (χ2n) is 7.59. The second-order valence-corrected chi connectivity index (χ2v) is 7.59. The number of aromatic nitrogens is 1. The number of rotatable bonds is 4. The summed E-state index contributed by atoms with van der Waals surface area (Å²) in [5.41, 5.74) is 2.96. The highest BCUT2D eigenvalue weighted by atomic mass is 16.1. The maximum Gasteiger partial charge on any atom is 0.184 e. The van der Waals surface area contributed by atoms with Gasteiger partial charge in [-0.05, 0) is 50.3 Å². The molecule has 2 bridgehead atoms. The summed E-state index contributed by atoms with van der Waals surface area (Å²) in [6.07, 6.45) is 5.70. The lowest BCUT2D eigenvalue weighted by Crippen LogP contribution is -2.52. The first-order valence-corrected chi connectivity index (χ1v) is 9.48. The van der Waals surface area contributed by atoms with Crippen LogP contribution < -0.4 is 0 Å². The van der Waals surface area contributed by atoms with Gasteiger partial charge in [0.2, 0.25) is 0 Å². The van der Waals surface area contributed by atoms with Crippen LogP contribution in [0.5, 0.6) is 0 Å². The van der Waals surface area contributed by atoms with Gasteiger partial charge in [-0.15, -0.1) is 0 Å². The Morgan fingerprint density at radius 2 is 1.76 bits per heavy atom. The number of carbonyl (C=O) groups is 1. The van der Waals surface area contributed by atoms with E-state index in [2.05, 4.69) is 40.2 Å². The molecule has 2 fully saturated rings. The maximum absolute atomic E-state index is 13.0. The van der Waals surface area contributed by atoms with E-state index in [4.69, 9.17) is 0 Å². The fraction of sp³-hybridized carbons (Fsp3) is 0.455. The number of nitrogens with zero attached hydrogens (tertiary/aromatic N) is 2. The monoisotopic (exact) mass is 334 g/mol. The lowest BCUT2D eigenvalue weighted by atomic mass is 9.76. The molecular weight excluding hydrogens is 308 g/mol. The number of benzene rings is 1. The predicted molar refractivity (Wildman–Crippen MR) is 99.4 cm³/mol. The highest BCUT2D eigenvalue weighted by molar-refractivity contribution is 5.96. The summed E-state index contributed by atoms with van der Waals surface area (Å²) >= 11 is 0. The summed E-state index contributed by atoms with van der Waals surface area (Å²) in [5, 5.41) is 0. The highest BCUT2D eigenvalue weighted by Gasteiger charge is 2.40. The summed E-state index contributed by atoms with van der Waals surface area (Å²) in [6.45, 7) is 2.97. The van der Waals surface area contributed by atoms with Crippen molar-refractivity contribution < 1.29 is 4.79 Å². The SMILES string of the molecule is Cc1cccc(C(=O)C2CC3CCCC(C2)N3Cc2ccccc2)n1. The molecule has 130 valence electrons. The Balaban J connectivity index is 1.50. The van der Waals surface area contributed by atoms with Gasteiger partial charge in [-0.2, -0.15) is 0 Å². The van der Waals surface area contributed by atoms with E-state index in [1.807, 2.05) is 25.1 Å². The van der Waals surface area contributed by atoms with Crippen molar-refractivity contribution in [2.45, 2.75) is 57.7 Å². The van der Waals surface area contributed by atoms with Gasteiger partial charge >= 0.3 is 0 Å². The predicted octanol–water partition coefficient (Wildman–Crippen LogP) is 4.41. The lowest BCUT2D eigenvalue weighted by Gasteiger charge is -2.48. The average molecular weight is 334 g/mol. The number of fused-ring (bicyclic) bond motifs is 2. The molecule has 0 N–H and O–H groups in total. The molecule has 0 saturated carbocycles. The third kappa shape index (κ3) is 3.52. The summed E-state index contributed by atoms with van der Waals surface area (Å²) in [7, 11) is 0. The van der Waals surface area contributed by atoms with Crippen molar-refractivity contribution in [3.8, 4) is 0 Å². The van der Waals surface area contributed by atoms with Gasteiger partial charge in [-0.3, -0.25) is 14.7 Å². The molecule has 2 aliphatic rings. The van der Waals surface area contributed by atoms with Gasteiger partial charge in [0.15, 0.2) is 5.78 Å². The van der Waals surface area contributed by atoms with E-state index in [1.54, 1.807) is 0 Å². The van der Waals surface area contributed by atoms with Crippen LogP contribution in [0.4, 0.5) is 0 Å². The summed E-state index contributed by atoms with van der Waals surface area (Å²) in [5.74, 6) is 0.386. The molecule has 1 aromatic carbocycles. The molecule has 4 rings (SSSR count). The fourth-order valence-corrected chi connectivity index (χ4v) is 4.63. The molecule has 0 aliphatic carbocycles. The van der Waals surface area contributed by atoms with E-state index in [9.17, 15) is 4.79 Å². The van der Waals surface area contributed by atoms with Crippen LogP contribution in [-0.2, 0) is 6.54 Å². The number of ketones is 1. The number of pyridine rings is 1. The van der Waals surface area contributed by atoms with E-state index in [0.29, 0.717) is 17.8 Å². The van der Waals surface area contributed by atoms with Crippen LogP contribution in [0.2, 0.25) is 0 Å². The van der Waals surface area contributed by atoms with Gasteiger partial charge in [0, 0.05) is 30.2 Å². The molecule has 2 aliphatic heterocycles. The zero-order valence-electron chi connectivity index (χ0n) is 14.9. The van der Waals surface area contributed by atoms with E-state index >= 15 is 0 Å². The first-order chi connectivity index (χ1) is 12.2. The van der Waals surface area contributed by atoms with Crippen LogP contribution in [-0.4, -0.2) is 27.8 Å². The standard InChI is InChI=1S/C22H26N2O/c1-16-7-5-12-21(23-16)22(25)18-13-19-10-6-11-20(14-18)24(19)15-17-8-3-2-4-9-17/h2-5,7-9,12,18-20H,6,10-11,13-15H2,1H3. The molecular formula is C22H26N2O.